The molecule has 0 spiro atoms. The van der Waals surface area contributed by atoms with Gasteiger partial charge in [-0.2, -0.15) is 0 Å². The molecule has 1 rings (SSSR count). The highest BCUT2D eigenvalue weighted by Crippen LogP contribution is 2.23. The number of benzene rings is 1. The molecule has 0 fully saturated rings. The molecule has 1 aromatic carbocycles. The van der Waals surface area contributed by atoms with Crippen molar-refractivity contribution in [2.24, 2.45) is 5.73 Å². The van der Waals surface area contributed by atoms with Crippen LogP contribution < -0.4 is 10.5 Å². The van der Waals surface area contributed by atoms with Gasteiger partial charge in [-0.3, -0.25) is 4.79 Å². The van der Waals surface area contributed by atoms with Gasteiger partial charge in [-0.15, -0.1) is 6.58 Å². The highest BCUT2D eigenvalue weighted by Gasteiger charge is 2.16. The summed E-state index contributed by atoms with van der Waals surface area (Å²) >= 11 is 0. The Morgan fingerprint density at radius 1 is 1.67 bits per heavy atom. The number of methoxy groups -OCH3 is 1. The van der Waals surface area contributed by atoms with Crippen LogP contribution in [0.3, 0.4) is 0 Å². The smallest absolute Gasteiger partial charge is 0.225 e. The number of nitrogens with two attached hydrogens (primary N) is 1. The first-order valence-corrected chi connectivity index (χ1v) is 4.73. The van der Waals surface area contributed by atoms with Crippen LogP contribution in [0.1, 0.15) is 17.9 Å². The van der Waals surface area contributed by atoms with E-state index in [2.05, 4.69) is 6.58 Å². The molecule has 15 heavy (non-hydrogen) atoms. The Labute approximate surface area is 89.5 Å². The number of carbonyl (C=O) groups is 1. The van der Waals surface area contributed by atoms with E-state index in [1.165, 1.54) is 0 Å². The number of hydrogen-bond donors (Lipinski definition) is 1. The molecule has 1 amide bonds. The Hall–Kier alpha value is -1.77. The minimum atomic E-state index is -0.344. The molecule has 0 bridgehead atoms. The summed E-state index contributed by atoms with van der Waals surface area (Å²) in [6.45, 7) is 3.61. The summed E-state index contributed by atoms with van der Waals surface area (Å²) in [7, 11) is 1.59. The largest absolute Gasteiger partial charge is 0.497 e. The number of carbonyl (C=O) groups excluding carboxylic acids is 1. The molecule has 0 aliphatic heterocycles. The highest BCUT2D eigenvalue weighted by molar-refractivity contribution is 5.82. The van der Waals surface area contributed by atoms with E-state index in [9.17, 15) is 4.79 Å². The fourth-order valence-electron chi connectivity index (χ4n) is 1.44. The van der Waals surface area contributed by atoms with Crippen LogP contribution in [0.25, 0.3) is 0 Å². The quantitative estimate of drug-likeness (QED) is 0.746. The van der Waals surface area contributed by atoms with Gasteiger partial charge in [0.1, 0.15) is 5.75 Å². The number of primary amides is 1. The van der Waals surface area contributed by atoms with Crippen molar-refractivity contribution in [1.82, 2.24) is 0 Å². The molecule has 2 N–H and O–H groups in total. The molecule has 0 saturated carbocycles. The zero-order valence-corrected chi connectivity index (χ0v) is 8.77. The van der Waals surface area contributed by atoms with Crippen LogP contribution >= 0.6 is 0 Å². The van der Waals surface area contributed by atoms with E-state index in [0.717, 1.165) is 11.3 Å². The van der Waals surface area contributed by atoms with Crippen molar-refractivity contribution in [3.05, 3.63) is 42.5 Å². The lowest BCUT2D eigenvalue weighted by Gasteiger charge is -2.12. The first kappa shape index (κ1) is 11.3. The van der Waals surface area contributed by atoms with Gasteiger partial charge in [-0.05, 0) is 24.1 Å². The number of allylic oxidation sites excluding steroid dienone is 1. The zero-order valence-electron chi connectivity index (χ0n) is 8.77. The van der Waals surface area contributed by atoms with Crippen molar-refractivity contribution in [1.29, 1.82) is 0 Å². The molecular formula is C12H15NO2. The topological polar surface area (TPSA) is 52.3 Å². The van der Waals surface area contributed by atoms with Crippen molar-refractivity contribution < 1.29 is 9.53 Å². The monoisotopic (exact) mass is 205 g/mol. The van der Waals surface area contributed by atoms with E-state index < -0.39 is 0 Å². The molecule has 0 aliphatic carbocycles. The van der Waals surface area contributed by atoms with Gasteiger partial charge < -0.3 is 10.5 Å². The van der Waals surface area contributed by atoms with Gasteiger partial charge >= 0.3 is 0 Å². The van der Waals surface area contributed by atoms with Gasteiger partial charge in [-0.1, -0.05) is 18.2 Å². The third-order valence-corrected chi connectivity index (χ3v) is 2.24. The molecule has 3 heteroatoms. The maximum absolute atomic E-state index is 11.2. The van der Waals surface area contributed by atoms with Crippen LogP contribution in [-0.4, -0.2) is 13.0 Å². The van der Waals surface area contributed by atoms with Crippen molar-refractivity contribution in [2.45, 2.75) is 12.3 Å². The van der Waals surface area contributed by atoms with E-state index in [1.54, 1.807) is 13.2 Å². The normalized spacial score (nSPS) is 11.8. The number of amides is 1. The predicted octanol–water partition coefficient (Wildman–Crippen LogP) is 1.84. The van der Waals surface area contributed by atoms with E-state index in [4.69, 9.17) is 10.5 Å². The summed E-state index contributed by atoms with van der Waals surface area (Å²) in [5, 5.41) is 0. The molecule has 1 atom stereocenters. The molecule has 80 valence electrons. The molecular weight excluding hydrogens is 190 g/mol. The van der Waals surface area contributed by atoms with Crippen LogP contribution in [0.15, 0.2) is 36.9 Å². The number of hydrogen-bond acceptors (Lipinski definition) is 2. The summed E-state index contributed by atoms with van der Waals surface area (Å²) < 4.78 is 5.08. The van der Waals surface area contributed by atoms with E-state index in [-0.39, 0.29) is 11.8 Å². The molecule has 0 radical (unpaired) electrons. The maximum Gasteiger partial charge on any atom is 0.225 e. The van der Waals surface area contributed by atoms with E-state index in [0.29, 0.717) is 6.42 Å². The lowest BCUT2D eigenvalue weighted by Crippen LogP contribution is -2.20. The number of rotatable bonds is 5. The minimum absolute atomic E-state index is 0.322. The van der Waals surface area contributed by atoms with Gasteiger partial charge in [0.15, 0.2) is 0 Å². The third kappa shape index (κ3) is 2.84. The Bertz CT molecular complexity index is 360. The van der Waals surface area contributed by atoms with Crippen LogP contribution in [0.5, 0.6) is 5.75 Å². The zero-order chi connectivity index (χ0) is 11.3. The van der Waals surface area contributed by atoms with Crippen molar-refractivity contribution >= 4 is 5.91 Å². The average molecular weight is 205 g/mol. The molecule has 1 aromatic rings. The van der Waals surface area contributed by atoms with E-state index in [1.807, 2.05) is 24.3 Å². The SMILES string of the molecule is C=CC[C@@H](C(N)=O)c1cccc(OC)c1. The Morgan fingerprint density at radius 2 is 2.40 bits per heavy atom. The molecule has 0 heterocycles. The molecule has 0 unspecified atom stereocenters. The summed E-state index contributed by atoms with van der Waals surface area (Å²) in [4.78, 5) is 11.2. The van der Waals surface area contributed by atoms with Crippen LogP contribution in [-0.2, 0) is 4.79 Å². The lowest BCUT2D eigenvalue weighted by molar-refractivity contribution is -0.119. The summed E-state index contributed by atoms with van der Waals surface area (Å²) in [6, 6.07) is 7.35. The predicted molar refractivity (Wildman–Crippen MR) is 59.7 cm³/mol. The van der Waals surface area contributed by atoms with Crippen LogP contribution in [0.2, 0.25) is 0 Å². The maximum atomic E-state index is 11.2. The second-order valence-electron chi connectivity index (χ2n) is 3.26. The minimum Gasteiger partial charge on any atom is -0.497 e. The Morgan fingerprint density at radius 3 is 2.93 bits per heavy atom. The standard InChI is InChI=1S/C12H15NO2/c1-3-5-11(12(13)14)9-6-4-7-10(8-9)15-2/h3-4,6-8,11H,1,5H2,2H3,(H2,13,14)/t11-/m1/s1. The third-order valence-electron chi connectivity index (χ3n) is 2.24. The number of ether oxygens (including phenoxy) is 1. The highest BCUT2D eigenvalue weighted by atomic mass is 16.5. The van der Waals surface area contributed by atoms with E-state index >= 15 is 0 Å². The Kier molecular flexibility index (Phi) is 3.92. The Balaban J connectivity index is 2.99. The first-order valence-electron chi connectivity index (χ1n) is 4.73. The molecule has 0 aromatic heterocycles. The first-order chi connectivity index (χ1) is 7.19. The van der Waals surface area contributed by atoms with Gasteiger partial charge in [0, 0.05) is 0 Å². The van der Waals surface area contributed by atoms with Crippen molar-refractivity contribution in [3.8, 4) is 5.75 Å². The lowest BCUT2D eigenvalue weighted by atomic mass is 9.95. The van der Waals surface area contributed by atoms with Gasteiger partial charge in [0.2, 0.25) is 5.91 Å². The molecule has 0 aliphatic rings. The van der Waals surface area contributed by atoms with Gasteiger partial charge in [0.05, 0.1) is 13.0 Å². The van der Waals surface area contributed by atoms with Crippen LogP contribution in [0.4, 0.5) is 0 Å². The van der Waals surface area contributed by atoms with Crippen molar-refractivity contribution in [2.75, 3.05) is 7.11 Å². The average Bonchev–Trinajstić information content (AvgIpc) is 2.25. The summed E-state index contributed by atoms with van der Waals surface area (Å²) in [5.41, 5.74) is 6.18. The molecule has 3 nitrogen and oxygen atoms in total. The second-order valence-corrected chi connectivity index (χ2v) is 3.26. The molecule has 0 saturated heterocycles. The van der Waals surface area contributed by atoms with Crippen molar-refractivity contribution in [3.63, 3.8) is 0 Å². The fraction of sp³-hybridized carbons (Fsp3) is 0.250. The fourth-order valence-corrected chi connectivity index (χ4v) is 1.44. The van der Waals surface area contributed by atoms with Gasteiger partial charge in [-0.25, -0.2) is 0 Å². The van der Waals surface area contributed by atoms with Crippen LogP contribution in [0, 0.1) is 0 Å². The summed E-state index contributed by atoms with van der Waals surface area (Å²) in [5.74, 6) is 0.0589. The second kappa shape index (κ2) is 5.20. The summed E-state index contributed by atoms with van der Waals surface area (Å²) in [6.07, 6.45) is 2.23. The van der Waals surface area contributed by atoms with Gasteiger partial charge in [0.25, 0.3) is 0 Å².